The van der Waals surface area contributed by atoms with Crippen LogP contribution in [0, 0.1) is 0 Å². The summed E-state index contributed by atoms with van der Waals surface area (Å²) in [5, 5.41) is 0. The normalized spacial score (nSPS) is 4.33. The Kier molecular flexibility index (Phi) is 171. The van der Waals surface area contributed by atoms with Gasteiger partial charge in [-0.1, -0.05) is 24.3 Å². The van der Waals surface area contributed by atoms with Gasteiger partial charge in [-0.3, -0.25) is 0 Å². The molecule has 12 heavy (non-hydrogen) atoms. The first-order valence-corrected chi connectivity index (χ1v) is 3.94. The molecule has 0 rings (SSSR count). The minimum Gasteiger partial charge on any atom is -0.103 e. The Morgan fingerprint density at radius 1 is 0.500 bits per heavy atom. The summed E-state index contributed by atoms with van der Waals surface area (Å²) in [4.78, 5) is 0. The molecule has 0 aromatic rings. The number of hydrogen-bond acceptors (Lipinski definition) is 0. The third kappa shape index (κ3) is 525. The third-order valence-electron chi connectivity index (χ3n) is 0. The van der Waals surface area contributed by atoms with E-state index in [1.54, 1.807) is 24.3 Å². The molecule has 0 heteroatoms. The Morgan fingerprint density at radius 2 is 0.500 bits per heavy atom. The van der Waals surface area contributed by atoms with Gasteiger partial charge in [0, 0.05) is 0 Å². The Bertz CT molecular complexity index is 54.0. The van der Waals surface area contributed by atoms with Gasteiger partial charge in [-0.05, 0) is 27.7 Å². The molecule has 0 heterocycles. The van der Waals surface area contributed by atoms with Crippen molar-refractivity contribution >= 4 is 0 Å². The van der Waals surface area contributed by atoms with E-state index in [0.29, 0.717) is 0 Å². The predicted octanol–water partition coefficient (Wildman–Crippen LogP) is 4.77. The van der Waals surface area contributed by atoms with Crippen LogP contribution in [0.15, 0.2) is 50.6 Å². The van der Waals surface area contributed by atoms with Gasteiger partial charge in [0.2, 0.25) is 0 Å². The fourth-order valence-electron chi connectivity index (χ4n) is 0. The van der Waals surface area contributed by atoms with Gasteiger partial charge in [-0.15, -0.1) is 26.3 Å². The van der Waals surface area contributed by atoms with Gasteiger partial charge < -0.3 is 0 Å². The Balaban J connectivity index is -0.0000000356. The minimum absolute atomic E-state index is 1.75. The van der Waals surface area contributed by atoms with Crippen molar-refractivity contribution in [2.75, 3.05) is 0 Å². The van der Waals surface area contributed by atoms with Crippen molar-refractivity contribution < 1.29 is 0 Å². The maximum atomic E-state index is 3.36. The molecule has 0 aromatic heterocycles. The highest BCUT2D eigenvalue weighted by Crippen LogP contribution is 1.39. The summed E-state index contributed by atoms with van der Waals surface area (Å²) in [6.07, 6.45) is 7.00. The summed E-state index contributed by atoms with van der Waals surface area (Å²) in [6.45, 7) is 21.0. The van der Waals surface area contributed by atoms with E-state index < -0.39 is 0 Å². The molecular weight excluding hydrogens is 144 g/mol. The summed E-state index contributed by atoms with van der Waals surface area (Å²) in [5.74, 6) is 0. The summed E-state index contributed by atoms with van der Waals surface area (Å²) < 4.78 is 0. The molecule has 0 unspecified atom stereocenters. The second kappa shape index (κ2) is 91.3. The molecular formula is C12H24. The lowest BCUT2D eigenvalue weighted by molar-refractivity contribution is 1.80. The maximum absolute atomic E-state index is 3.36. The summed E-state index contributed by atoms with van der Waals surface area (Å²) in [6, 6.07) is 0. The zero-order valence-electron chi connectivity index (χ0n) is 9.14. The monoisotopic (exact) mass is 168 g/mol. The molecule has 0 aromatic carbocycles. The molecule has 0 fully saturated rings. The van der Waals surface area contributed by atoms with Crippen molar-refractivity contribution in [1.82, 2.24) is 0 Å². The summed E-state index contributed by atoms with van der Waals surface area (Å²) in [7, 11) is 0. The van der Waals surface area contributed by atoms with E-state index in [0.717, 1.165) is 0 Å². The number of hydrogen-bond donors (Lipinski definition) is 0. The smallest absolute Gasteiger partial charge is 0.0473 e. The molecule has 0 saturated carbocycles. The van der Waals surface area contributed by atoms with Gasteiger partial charge >= 0.3 is 0 Å². The van der Waals surface area contributed by atoms with Crippen LogP contribution in [0.3, 0.4) is 0 Å². The quantitative estimate of drug-likeness (QED) is 0.457. The minimum atomic E-state index is 1.75. The van der Waals surface area contributed by atoms with Crippen LogP contribution in [0.25, 0.3) is 0 Å². The Morgan fingerprint density at radius 3 is 0.500 bits per heavy atom. The molecule has 0 bridgehead atoms. The van der Waals surface area contributed by atoms with Crippen molar-refractivity contribution in [3.05, 3.63) is 50.6 Å². The molecule has 0 N–H and O–H groups in total. The molecule has 0 nitrogen and oxygen atoms in total. The molecule has 0 spiro atoms. The molecule has 0 aliphatic heterocycles. The SMILES string of the molecule is C=CC.C=CC.C=CC.C=CC. The first kappa shape index (κ1) is 22.4. The maximum Gasteiger partial charge on any atom is -0.0473 e. The van der Waals surface area contributed by atoms with E-state index in [1.807, 2.05) is 27.7 Å². The molecule has 0 amide bonds. The van der Waals surface area contributed by atoms with Crippen LogP contribution in [-0.2, 0) is 0 Å². The van der Waals surface area contributed by atoms with Crippen molar-refractivity contribution in [1.29, 1.82) is 0 Å². The van der Waals surface area contributed by atoms with Crippen molar-refractivity contribution in [2.24, 2.45) is 0 Å². The second-order valence-electron chi connectivity index (χ2n) is 1.63. The number of allylic oxidation sites excluding steroid dienone is 4. The van der Waals surface area contributed by atoms with Crippen LogP contribution in [-0.4, -0.2) is 0 Å². The van der Waals surface area contributed by atoms with E-state index in [2.05, 4.69) is 26.3 Å². The van der Waals surface area contributed by atoms with Crippen LogP contribution in [0.5, 0.6) is 0 Å². The molecule has 0 aliphatic carbocycles. The zero-order chi connectivity index (χ0) is 10.8. The highest BCUT2D eigenvalue weighted by atomic mass is 13.2. The third-order valence-corrected chi connectivity index (χ3v) is 0. The van der Waals surface area contributed by atoms with Crippen LogP contribution < -0.4 is 0 Å². The van der Waals surface area contributed by atoms with E-state index in [-0.39, 0.29) is 0 Å². The lowest BCUT2D eigenvalue weighted by Gasteiger charge is -1.31. The lowest BCUT2D eigenvalue weighted by Crippen LogP contribution is -1.07. The first-order chi connectivity index (χ1) is 5.66. The molecule has 0 atom stereocenters. The predicted molar refractivity (Wildman–Crippen MR) is 63.5 cm³/mol. The van der Waals surface area contributed by atoms with Crippen molar-refractivity contribution in [3.8, 4) is 0 Å². The van der Waals surface area contributed by atoms with Crippen LogP contribution in [0.2, 0.25) is 0 Å². The van der Waals surface area contributed by atoms with Gasteiger partial charge in [0.05, 0.1) is 0 Å². The zero-order valence-corrected chi connectivity index (χ0v) is 9.14. The standard InChI is InChI=1S/4C3H6/c4*1-3-2/h4*3H,1H2,2H3. The highest BCUT2D eigenvalue weighted by Gasteiger charge is 1.15. The highest BCUT2D eigenvalue weighted by molar-refractivity contribution is 4.52. The molecule has 0 aliphatic rings. The van der Waals surface area contributed by atoms with E-state index in [1.165, 1.54) is 0 Å². The second-order valence-corrected chi connectivity index (χ2v) is 1.63. The fraction of sp³-hybridized carbons (Fsp3) is 0.333. The lowest BCUT2D eigenvalue weighted by atomic mass is 10.8. The first-order valence-electron chi connectivity index (χ1n) is 3.94. The van der Waals surface area contributed by atoms with Gasteiger partial charge in [0.1, 0.15) is 0 Å². The average molecular weight is 168 g/mol. The average Bonchev–Trinajstić information content (AvgIpc) is 1.92. The van der Waals surface area contributed by atoms with Gasteiger partial charge in [0.15, 0.2) is 0 Å². The largest absolute Gasteiger partial charge is 0.103 e. The van der Waals surface area contributed by atoms with Crippen LogP contribution >= 0.6 is 0 Å². The Hall–Kier alpha value is -1.04. The van der Waals surface area contributed by atoms with Gasteiger partial charge in [-0.25, -0.2) is 0 Å². The molecule has 0 saturated heterocycles. The van der Waals surface area contributed by atoms with E-state index >= 15 is 0 Å². The van der Waals surface area contributed by atoms with E-state index in [4.69, 9.17) is 0 Å². The van der Waals surface area contributed by atoms with Crippen molar-refractivity contribution in [2.45, 2.75) is 27.7 Å². The van der Waals surface area contributed by atoms with E-state index in [9.17, 15) is 0 Å². The van der Waals surface area contributed by atoms with Crippen molar-refractivity contribution in [3.63, 3.8) is 0 Å². The summed E-state index contributed by atoms with van der Waals surface area (Å²) >= 11 is 0. The van der Waals surface area contributed by atoms with Crippen LogP contribution in [0.1, 0.15) is 27.7 Å². The van der Waals surface area contributed by atoms with Gasteiger partial charge in [0.25, 0.3) is 0 Å². The molecule has 72 valence electrons. The van der Waals surface area contributed by atoms with Crippen LogP contribution in [0.4, 0.5) is 0 Å². The number of rotatable bonds is 0. The van der Waals surface area contributed by atoms with Gasteiger partial charge in [-0.2, -0.15) is 0 Å². The summed E-state index contributed by atoms with van der Waals surface area (Å²) in [5.41, 5.74) is 0. The Labute approximate surface area is 79.0 Å². The topological polar surface area (TPSA) is 0 Å². The fourth-order valence-corrected chi connectivity index (χ4v) is 0. The molecule has 0 radical (unpaired) electrons.